The van der Waals surface area contributed by atoms with Gasteiger partial charge in [0.2, 0.25) is 0 Å². The van der Waals surface area contributed by atoms with Crippen LogP contribution in [0.4, 0.5) is 4.39 Å². The van der Waals surface area contributed by atoms with Gasteiger partial charge >= 0.3 is 0 Å². The molecule has 1 aliphatic carbocycles. The summed E-state index contributed by atoms with van der Waals surface area (Å²) in [6.07, 6.45) is 3.16. The third-order valence-electron chi connectivity index (χ3n) is 5.73. The van der Waals surface area contributed by atoms with Crippen molar-refractivity contribution in [2.45, 2.75) is 44.9 Å². The molecule has 11 heteroatoms. The number of hydrogen-bond donors (Lipinski definition) is 3. The molecule has 0 spiro atoms. The summed E-state index contributed by atoms with van der Waals surface area (Å²) < 4.78 is 20.5. The molecule has 1 aromatic carbocycles. The smallest absolute Gasteiger partial charge is 0.254 e. The van der Waals surface area contributed by atoms with E-state index in [9.17, 15) is 19.1 Å². The monoisotopic (exact) mass is 483 g/mol. The standard InChI is InChI=1S/C24H26FN5O5/c1-13(22(32)12-31)28-24(34)18-7-5-16(9-19(18)25)30-27-11-21(29-30)14(2)35-17-6-8-20(26-10-17)23(33)15-3-4-15/h5-11,13-15,22,31-32H,3-4,12H2,1-2H3,(H,28,34)/t13-,14-,22+/m1/s1. The molecule has 1 amide bonds. The summed E-state index contributed by atoms with van der Waals surface area (Å²) in [4.78, 5) is 29.8. The lowest BCUT2D eigenvalue weighted by Crippen LogP contribution is -2.43. The van der Waals surface area contributed by atoms with Crippen molar-refractivity contribution in [3.05, 3.63) is 65.5 Å². The number of aromatic nitrogens is 4. The average Bonchev–Trinajstić information content (AvgIpc) is 3.58. The number of aliphatic hydroxyl groups is 2. The molecule has 0 radical (unpaired) electrons. The number of pyridine rings is 1. The number of amides is 1. The van der Waals surface area contributed by atoms with Crippen molar-refractivity contribution >= 4 is 11.7 Å². The molecule has 2 aromatic heterocycles. The molecule has 1 aliphatic rings. The first-order valence-electron chi connectivity index (χ1n) is 11.3. The van der Waals surface area contributed by atoms with Crippen LogP contribution in [0.25, 0.3) is 5.69 Å². The Hall–Kier alpha value is -3.70. The van der Waals surface area contributed by atoms with E-state index in [-0.39, 0.29) is 17.3 Å². The number of halogens is 1. The van der Waals surface area contributed by atoms with Crippen LogP contribution < -0.4 is 10.1 Å². The first-order valence-corrected chi connectivity index (χ1v) is 11.3. The highest BCUT2D eigenvalue weighted by atomic mass is 19.1. The Labute approximate surface area is 200 Å². The van der Waals surface area contributed by atoms with Gasteiger partial charge in [0.25, 0.3) is 5.91 Å². The molecule has 35 heavy (non-hydrogen) atoms. The molecule has 4 rings (SSSR count). The topological polar surface area (TPSA) is 139 Å². The van der Waals surface area contributed by atoms with Gasteiger partial charge in [0.1, 0.15) is 29.1 Å². The van der Waals surface area contributed by atoms with E-state index in [0.717, 1.165) is 18.9 Å². The van der Waals surface area contributed by atoms with Crippen molar-refractivity contribution in [3.8, 4) is 11.4 Å². The van der Waals surface area contributed by atoms with Crippen LogP contribution in [0.2, 0.25) is 0 Å². The number of carbonyl (C=O) groups excluding carboxylic acids is 2. The van der Waals surface area contributed by atoms with E-state index >= 15 is 0 Å². The zero-order chi connectivity index (χ0) is 25.1. The average molecular weight is 484 g/mol. The minimum atomic E-state index is -1.16. The molecular weight excluding hydrogens is 457 g/mol. The molecule has 184 valence electrons. The number of ketones is 1. The zero-order valence-electron chi connectivity index (χ0n) is 19.3. The van der Waals surface area contributed by atoms with Gasteiger partial charge in [-0.25, -0.2) is 9.37 Å². The Bertz CT molecular complexity index is 1210. The molecular formula is C24H26FN5O5. The first kappa shape index (κ1) is 24.4. The minimum Gasteiger partial charge on any atom is -0.483 e. The maximum atomic E-state index is 14.6. The molecule has 0 aliphatic heterocycles. The van der Waals surface area contributed by atoms with Crippen LogP contribution >= 0.6 is 0 Å². The van der Waals surface area contributed by atoms with E-state index in [1.165, 1.54) is 36.2 Å². The van der Waals surface area contributed by atoms with Gasteiger partial charge < -0.3 is 20.3 Å². The Morgan fingerprint density at radius 1 is 1.23 bits per heavy atom. The Balaban J connectivity index is 1.40. The quantitative estimate of drug-likeness (QED) is 0.372. The number of benzene rings is 1. The van der Waals surface area contributed by atoms with Crippen LogP contribution in [0.5, 0.6) is 5.75 Å². The van der Waals surface area contributed by atoms with E-state index in [1.54, 1.807) is 19.1 Å². The van der Waals surface area contributed by atoms with Crippen molar-refractivity contribution in [1.82, 2.24) is 25.3 Å². The van der Waals surface area contributed by atoms with Crippen LogP contribution in [-0.4, -0.2) is 60.6 Å². The number of hydrogen-bond acceptors (Lipinski definition) is 8. The zero-order valence-corrected chi connectivity index (χ0v) is 19.3. The molecule has 2 heterocycles. The lowest BCUT2D eigenvalue weighted by molar-refractivity contribution is 0.0609. The highest BCUT2D eigenvalue weighted by Gasteiger charge is 2.31. The molecule has 0 bridgehead atoms. The largest absolute Gasteiger partial charge is 0.483 e. The second-order valence-corrected chi connectivity index (χ2v) is 8.51. The van der Waals surface area contributed by atoms with Crippen LogP contribution in [0.15, 0.2) is 42.7 Å². The first-order chi connectivity index (χ1) is 16.8. The fraction of sp³-hybridized carbons (Fsp3) is 0.375. The molecule has 10 nitrogen and oxygen atoms in total. The number of aliphatic hydroxyl groups excluding tert-OH is 2. The lowest BCUT2D eigenvalue weighted by Gasteiger charge is -2.18. The van der Waals surface area contributed by atoms with Gasteiger partial charge in [-0.05, 0) is 51.0 Å². The van der Waals surface area contributed by atoms with E-state index in [1.807, 2.05) is 0 Å². The molecule has 0 saturated heterocycles. The lowest BCUT2D eigenvalue weighted by atomic mass is 10.1. The van der Waals surface area contributed by atoms with Gasteiger partial charge in [-0.2, -0.15) is 9.90 Å². The molecule has 1 saturated carbocycles. The second-order valence-electron chi connectivity index (χ2n) is 8.51. The summed E-state index contributed by atoms with van der Waals surface area (Å²) >= 11 is 0. The number of nitrogens with zero attached hydrogens (tertiary/aromatic N) is 4. The molecule has 3 atom stereocenters. The number of Topliss-reactive ketones (excluding diaryl/α,β-unsaturated/α-hetero) is 1. The Morgan fingerprint density at radius 2 is 2.00 bits per heavy atom. The molecule has 1 fully saturated rings. The van der Waals surface area contributed by atoms with E-state index in [4.69, 9.17) is 9.84 Å². The summed E-state index contributed by atoms with van der Waals surface area (Å²) in [6, 6.07) is 6.47. The Morgan fingerprint density at radius 3 is 2.63 bits per heavy atom. The fourth-order valence-corrected chi connectivity index (χ4v) is 3.35. The number of carbonyl (C=O) groups is 2. The maximum absolute atomic E-state index is 14.6. The predicted molar refractivity (Wildman–Crippen MR) is 122 cm³/mol. The number of ether oxygens (including phenoxy) is 1. The van der Waals surface area contributed by atoms with Gasteiger partial charge in [-0.1, -0.05) is 0 Å². The SMILES string of the molecule is C[C@@H](Oc1ccc(C(=O)C2CC2)nc1)c1cnn(-c2ccc(C(=O)N[C@H](C)[C@@H](O)CO)c(F)c2)n1. The summed E-state index contributed by atoms with van der Waals surface area (Å²) in [6.45, 7) is 2.75. The Kier molecular flexibility index (Phi) is 7.17. The van der Waals surface area contributed by atoms with E-state index in [0.29, 0.717) is 22.8 Å². The van der Waals surface area contributed by atoms with Crippen molar-refractivity contribution < 1.29 is 28.9 Å². The van der Waals surface area contributed by atoms with E-state index in [2.05, 4.69) is 20.5 Å². The van der Waals surface area contributed by atoms with Crippen LogP contribution in [0.3, 0.4) is 0 Å². The van der Waals surface area contributed by atoms with Crippen molar-refractivity contribution in [1.29, 1.82) is 0 Å². The highest BCUT2D eigenvalue weighted by molar-refractivity contribution is 5.97. The summed E-state index contributed by atoms with van der Waals surface area (Å²) in [5, 5.41) is 29.5. The van der Waals surface area contributed by atoms with Crippen molar-refractivity contribution in [2.24, 2.45) is 5.92 Å². The van der Waals surface area contributed by atoms with E-state index < -0.39 is 36.6 Å². The normalized spacial score (nSPS) is 15.8. The number of nitrogens with one attached hydrogen (secondary N) is 1. The van der Waals surface area contributed by atoms with Crippen LogP contribution in [0.1, 0.15) is 59.3 Å². The van der Waals surface area contributed by atoms with Crippen molar-refractivity contribution in [2.75, 3.05) is 6.61 Å². The number of rotatable bonds is 10. The molecule has 3 N–H and O–H groups in total. The highest BCUT2D eigenvalue weighted by Crippen LogP contribution is 2.32. The van der Waals surface area contributed by atoms with Gasteiger partial charge in [0, 0.05) is 12.0 Å². The minimum absolute atomic E-state index is 0.0561. The fourth-order valence-electron chi connectivity index (χ4n) is 3.35. The summed E-state index contributed by atoms with van der Waals surface area (Å²) in [5.74, 6) is -0.884. The second kappa shape index (κ2) is 10.3. The van der Waals surface area contributed by atoms with Crippen LogP contribution in [-0.2, 0) is 0 Å². The third-order valence-corrected chi connectivity index (χ3v) is 5.73. The van der Waals surface area contributed by atoms with Gasteiger partial charge in [0.05, 0.1) is 42.4 Å². The van der Waals surface area contributed by atoms with Gasteiger partial charge in [-0.15, -0.1) is 5.10 Å². The van der Waals surface area contributed by atoms with Crippen molar-refractivity contribution in [3.63, 3.8) is 0 Å². The molecule has 0 unspecified atom stereocenters. The summed E-state index contributed by atoms with van der Waals surface area (Å²) in [7, 11) is 0. The van der Waals surface area contributed by atoms with Crippen LogP contribution in [0, 0.1) is 11.7 Å². The predicted octanol–water partition coefficient (Wildman–Crippen LogP) is 2.01. The van der Waals surface area contributed by atoms with Gasteiger partial charge in [-0.3, -0.25) is 9.59 Å². The molecule has 3 aromatic rings. The summed E-state index contributed by atoms with van der Waals surface area (Å²) in [5.41, 5.74) is 0.991. The third kappa shape index (κ3) is 5.69. The maximum Gasteiger partial charge on any atom is 0.254 e. The van der Waals surface area contributed by atoms with Gasteiger partial charge in [0.15, 0.2) is 5.78 Å².